The zero-order chi connectivity index (χ0) is 39.5. The van der Waals surface area contributed by atoms with Gasteiger partial charge in [0.15, 0.2) is 0 Å². The first-order chi connectivity index (χ1) is 25.1. The minimum absolute atomic E-state index is 0.264. The van der Waals surface area contributed by atoms with Gasteiger partial charge < -0.3 is 9.73 Å². The Morgan fingerprint density at radius 1 is 0.630 bits per heavy atom. The number of nitrogens with one attached hydrogen (secondary N) is 3. The molecule has 1 aliphatic carbocycles. The van der Waals surface area contributed by atoms with E-state index in [4.69, 9.17) is 9.41 Å². The molecule has 0 saturated heterocycles. The van der Waals surface area contributed by atoms with Crippen LogP contribution in [0.25, 0.3) is 33.4 Å². The fourth-order valence-electron chi connectivity index (χ4n) is 6.90. The van der Waals surface area contributed by atoms with E-state index in [0.29, 0.717) is 72.8 Å². The van der Waals surface area contributed by atoms with E-state index in [-0.39, 0.29) is 10.5 Å². The lowest BCUT2D eigenvalue weighted by molar-refractivity contribution is 0.483. The molecule has 0 unspecified atom stereocenters. The van der Waals surface area contributed by atoms with Crippen molar-refractivity contribution in [3.63, 3.8) is 0 Å². The van der Waals surface area contributed by atoms with Crippen LogP contribution in [0.4, 0.5) is 28.4 Å². The van der Waals surface area contributed by atoms with Crippen LogP contribution in [0.15, 0.2) is 87.1 Å². The van der Waals surface area contributed by atoms with Crippen LogP contribution < -0.4 is 20.1 Å². The molecule has 0 bridgehead atoms. The van der Waals surface area contributed by atoms with Crippen LogP contribution in [-0.4, -0.2) is 42.3 Å². The summed E-state index contributed by atoms with van der Waals surface area (Å²) in [6.45, 7) is 11.1. The Morgan fingerprint density at radius 3 is 1.85 bits per heavy atom. The normalized spacial score (nSPS) is 12.7. The molecule has 12 nitrogen and oxygen atoms in total. The highest BCUT2D eigenvalue weighted by Gasteiger charge is 2.24. The molecule has 0 saturated carbocycles. The third-order valence-corrected chi connectivity index (χ3v) is 11.2. The largest absolute Gasteiger partial charge is 0.456 e. The quantitative estimate of drug-likeness (QED) is 0.0832. The summed E-state index contributed by atoms with van der Waals surface area (Å²) < 4.78 is 95.9. The number of hydrogen-bond acceptors (Lipinski definition) is 9. The highest BCUT2D eigenvalue weighted by molar-refractivity contribution is 7.92. The molecule has 1 heterocycles. The molecule has 2 aliphatic rings. The van der Waals surface area contributed by atoms with Crippen molar-refractivity contribution >= 4 is 69.6 Å². The Kier molecular flexibility index (Phi) is 9.90. The van der Waals surface area contributed by atoms with Crippen molar-refractivity contribution in [3.8, 4) is 22.5 Å². The maximum atomic E-state index is 12.6. The SMILES string of the molecule is Cc1cc(C)c(NS(C)(=O)=O)c(C)c1N=c1ccc2c(-c3ccccc3S(=O)(=O)O)c3ccc(Nc4c(C)cc(C)c(NS(C)(=O)=O)c4C)cc3oc-2c1. The van der Waals surface area contributed by atoms with Gasteiger partial charge in [-0.3, -0.25) is 14.0 Å². The van der Waals surface area contributed by atoms with Crippen LogP contribution in [0.5, 0.6) is 0 Å². The van der Waals surface area contributed by atoms with E-state index in [1.807, 2.05) is 46.8 Å². The van der Waals surface area contributed by atoms with Crippen molar-refractivity contribution < 1.29 is 34.2 Å². The molecular formula is C39H40N4O8S3. The molecule has 15 heteroatoms. The molecular weight excluding hydrogens is 749 g/mol. The van der Waals surface area contributed by atoms with Crippen molar-refractivity contribution in [2.45, 2.75) is 46.4 Å². The average molecular weight is 789 g/mol. The number of aryl methyl sites for hydroxylation is 4. The number of sulfonamides is 2. The number of fused-ring (bicyclic) bond motifs is 2. The van der Waals surface area contributed by atoms with Gasteiger partial charge in [0, 0.05) is 45.6 Å². The van der Waals surface area contributed by atoms with Crippen LogP contribution in [-0.2, 0) is 30.2 Å². The van der Waals surface area contributed by atoms with Crippen LogP contribution in [0.1, 0.15) is 33.4 Å². The fraction of sp³-hybridized carbons (Fsp3) is 0.205. The summed E-state index contributed by atoms with van der Waals surface area (Å²) in [6.07, 6.45) is 2.19. The summed E-state index contributed by atoms with van der Waals surface area (Å²) in [5.41, 5.74) is 9.05. The van der Waals surface area contributed by atoms with Crippen molar-refractivity contribution in [2.24, 2.45) is 4.99 Å². The number of hydrogen-bond donors (Lipinski definition) is 4. The lowest BCUT2D eigenvalue weighted by Crippen LogP contribution is -2.13. The average Bonchev–Trinajstić information content (AvgIpc) is 3.06. The highest BCUT2D eigenvalue weighted by Crippen LogP contribution is 2.43. The van der Waals surface area contributed by atoms with Crippen molar-refractivity contribution in [2.75, 3.05) is 27.3 Å². The van der Waals surface area contributed by atoms with Crippen LogP contribution in [0.3, 0.4) is 0 Å². The summed E-state index contributed by atoms with van der Waals surface area (Å²) in [5, 5.41) is 4.47. The summed E-state index contributed by atoms with van der Waals surface area (Å²) in [7, 11) is -11.7. The molecule has 0 radical (unpaired) electrons. The monoisotopic (exact) mass is 788 g/mol. The van der Waals surface area contributed by atoms with Gasteiger partial charge in [-0.25, -0.2) is 21.8 Å². The third-order valence-electron chi connectivity index (χ3n) is 9.13. The van der Waals surface area contributed by atoms with E-state index in [2.05, 4.69) is 14.8 Å². The van der Waals surface area contributed by atoms with Gasteiger partial charge in [-0.2, -0.15) is 8.42 Å². The summed E-state index contributed by atoms with van der Waals surface area (Å²) >= 11 is 0. The van der Waals surface area contributed by atoms with Gasteiger partial charge in [-0.15, -0.1) is 0 Å². The van der Waals surface area contributed by atoms with Crippen molar-refractivity contribution in [1.82, 2.24) is 0 Å². The maximum Gasteiger partial charge on any atom is 0.295 e. The third kappa shape index (κ3) is 7.85. The van der Waals surface area contributed by atoms with E-state index >= 15 is 0 Å². The Bertz CT molecular complexity index is 2900. The van der Waals surface area contributed by atoms with Gasteiger partial charge in [-0.05, 0) is 105 Å². The lowest BCUT2D eigenvalue weighted by atomic mass is 9.93. The first kappa shape index (κ1) is 38.5. The molecule has 0 amide bonds. The molecule has 1 aliphatic heterocycles. The van der Waals surface area contributed by atoms with Crippen LogP contribution in [0.2, 0.25) is 0 Å². The molecule has 0 fully saturated rings. The predicted molar refractivity (Wildman–Crippen MR) is 215 cm³/mol. The summed E-state index contributed by atoms with van der Waals surface area (Å²) in [6, 6.07) is 20.5. The molecule has 4 aromatic rings. The van der Waals surface area contributed by atoms with Crippen LogP contribution >= 0.6 is 0 Å². The second-order valence-corrected chi connectivity index (χ2v) is 18.5. The summed E-state index contributed by atoms with van der Waals surface area (Å²) in [5.74, 6) is 0.361. The van der Waals surface area contributed by atoms with Gasteiger partial charge >= 0.3 is 0 Å². The summed E-state index contributed by atoms with van der Waals surface area (Å²) in [4.78, 5) is 4.63. The molecule has 0 atom stereocenters. The minimum atomic E-state index is -4.64. The van der Waals surface area contributed by atoms with Crippen LogP contribution in [0, 0.1) is 41.5 Å². The molecule has 4 aromatic carbocycles. The first-order valence-corrected chi connectivity index (χ1v) is 21.9. The number of rotatable bonds is 9. The standard InChI is InChI=1S/C39H40N4O8S3/c1-21-17-23(3)38(42-52(7,44)45)25(5)36(21)40-27-13-15-29-32(19-27)51-33-20-28(41-37-22(2)18-24(4)39(26(37)6)43-53(8,46)47)14-16-30(33)35(29)31-11-9-10-12-34(31)54(48,49)50/h9-20,40,42-43H,1-8H3,(H,48,49,50). The van der Waals surface area contributed by atoms with Crippen molar-refractivity contribution in [3.05, 3.63) is 112 Å². The smallest absolute Gasteiger partial charge is 0.295 e. The Hall–Kier alpha value is -5.22. The molecule has 4 N–H and O–H groups in total. The van der Waals surface area contributed by atoms with E-state index in [1.165, 1.54) is 12.1 Å². The topological polar surface area (TPSA) is 184 Å². The lowest BCUT2D eigenvalue weighted by Gasteiger charge is -2.20. The van der Waals surface area contributed by atoms with E-state index < -0.39 is 30.2 Å². The van der Waals surface area contributed by atoms with Gasteiger partial charge in [0.1, 0.15) is 16.2 Å². The molecule has 0 spiro atoms. The zero-order valence-electron chi connectivity index (χ0n) is 30.9. The molecule has 6 rings (SSSR count). The fourth-order valence-corrected chi connectivity index (χ4v) is 8.97. The number of benzene rings is 5. The van der Waals surface area contributed by atoms with Gasteiger partial charge in [-0.1, -0.05) is 30.3 Å². The Labute approximate surface area is 315 Å². The van der Waals surface area contributed by atoms with E-state index in [1.54, 1.807) is 55.5 Å². The van der Waals surface area contributed by atoms with E-state index in [9.17, 15) is 29.8 Å². The Balaban J connectivity index is 1.60. The second kappa shape index (κ2) is 13.9. The molecule has 54 heavy (non-hydrogen) atoms. The van der Waals surface area contributed by atoms with Gasteiger partial charge in [0.25, 0.3) is 10.1 Å². The predicted octanol–water partition coefficient (Wildman–Crippen LogP) is 8.02. The van der Waals surface area contributed by atoms with Gasteiger partial charge in [0.05, 0.1) is 34.9 Å². The highest BCUT2D eigenvalue weighted by atomic mass is 32.2. The van der Waals surface area contributed by atoms with Gasteiger partial charge in [0.2, 0.25) is 20.0 Å². The minimum Gasteiger partial charge on any atom is -0.456 e. The zero-order valence-corrected chi connectivity index (χ0v) is 33.4. The number of anilines is 4. The Morgan fingerprint density at radius 2 is 1.22 bits per heavy atom. The second-order valence-electron chi connectivity index (χ2n) is 13.6. The molecule has 0 aromatic heterocycles. The number of nitrogens with zero attached hydrogens (tertiary/aromatic N) is 1. The maximum absolute atomic E-state index is 12.6. The van der Waals surface area contributed by atoms with E-state index in [0.717, 1.165) is 34.8 Å². The van der Waals surface area contributed by atoms with Crippen molar-refractivity contribution in [1.29, 1.82) is 0 Å². The first-order valence-electron chi connectivity index (χ1n) is 16.7. The molecule has 282 valence electrons.